The van der Waals surface area contributed by atoms with Gasteiger partial charge in [-0.25, -0.2) is 13.1 Å². The van der Waals surface area contributed by atoms with E-state index in [1.807, 2.05) is 18.2 Å². The third-order valence-electron chi connectivity index (χ3n) is 5.43. The van der Waals surface area contributed by atoms with Gasteiger partial charge in [0.25, 0.3) is 0 Å². The van der Waals surface area contributed by atoms with E-state index >= 15 is 0 Å². The highest BCUT2D eigenvalue weighted by atomic mass is 32.2. The molecule has 2 fully saturated rings. The molecule has 2 aliphatic carbocycles. The molecular formula is C18H24N2O3S. The lowest BCUT2D eigenvalue weighted by Gasteiger charge is -2.30. The highest BCUT2D eigenvalue weighted by molar-refractivity contribution is 7.89. The summed E-state index contributed by atoms with van der Waals surface area (Å²) in [6, 6.07) is 10.1. The van der Waals surface area contributed by atoms with Gasteiger partial charge in [0, 0.05) is 12.0 Å². The molecule has 1 N–H and O–H groups in total. The Morgan fingerprint density at radius 2 is 1.96 bits per heavy atom. The summed E-state index contributed by atoms with van der Waals surface area (Å²) in [7, 11) is -1.80. The second-order valence-electron chi connectivity index (χ2n) is 7.19. The minimum absolute atomic E-state index is 0.0787. The van der Waals surface area contributed by atoms with Gasteiger partial charge in [-0.05, 0) is 43.4 Å². The molecule has 5 nitrogen and oxygen atoms in total. The number of ether oxygens (including phenoxy) is 1. The van der Waals surface area contributed by atoms with E-state index in [1.165, 1.54) is 0 Å². The van der Waals surface area contributed by atoms with Gasteiger partial charge in [-0.2, -0.15) is 5.26 Å². The van der Waals surface area contributed by atoms with Crippen LogP contribution in [0.2, 0.25) is 0 Å². The second kappa shape index (κ2) is 6.38. The maximum absolute atomic E-state index is 12.4. The Morgan fingerprint density at radius 1 is 1.25 bits per heavy atom. The Balaban J connectivity index is 1.76. The molecule has 0 amide bonds. The topological polar surface area (TPSA) is 79.2 Å². The van der Waals surface area contributed by atoms with E-state index in [-0.39, 0.29) is 11.2 Å². The number of methoxy groups -OCH3 is 1. The first-order valence-corrected chi connectivity index (χ1v) is 10.1. The van der Waals surface area contributed by atoms with Gasteiger partial charge in [0.2, 0.25) is 10.0 Å². The summed E-state index contributed by atoms with van der Waals surface area (Å²) >= 11 is 0. The lowest BCUT2D eigenvalue weighted by atomic mass is 9.79. The molecule has 2 saturated carbocycles. The van der Waals surface area contributed by atoms with E-state index in [9.17, 15) is 8.42 Å². The van der Waals surface area contributed by atoms with Crippen molar-refractivity contribution in [3.63, 3.8) is 0 Å². The fraction of sp³-hybridized carbons (Fsp3) is 0.611. The Bertz CT molecular complexity index is 742. The van der Waals surface area contributed by atoms with E-state index in [4.69, 9.17) is 10.00 Å². The van der Waals surface area contributed by atoms with Crippen molar-refractivity contribution in [3.8, 4) is 11.8 Å². The summed E-state index contributed by atoms with van der Waals surface area (Å²) in [4.78, 5) is 0. The van der Waals surface area contributed by atoms with E-state index in [0.29, 0.717) is 19.4 Å². The molecule has 0 aromatic heterocycles. The predicted molar refractivity (Wildman–Crippen MR) is 92.2 cm³/mol. The molecule has 3 rings (SSSR count). The van der Waals surface area contributed by atoms with Gasteiger partial charge in [0.1, 0.15) is 5.75 Å². The molecule has 0 heterocycles. The second-order valence-corrected chi connectivity index (χ2v) is 9.00. The zero-order chi connectivity index (χ0) is 17.3. The van der Waals surface area contributed by atoms with Crippen LogP contribution in [0.25, 0.3) is 0 Å². The van der Waals surface area contributed by atoms with Crippen LogP contribution in [0.4, 0.5) is 0 Å². The van der Waals surface area contributed by atoms with Crippen LogP contribution in [0.15, 0.2) is 24.3 Å². The molecule has 2 aliphatic rings. The average Bonchev–Trinajstić information content (AvgIpc) is 3.18. The van der Waals surface area contributed by atoms with Crippen molar-refractivity contribution in [1.29, 1.82) is 5.26 Å². The molecule has 0 radical (unpaired) electrons. The minimum Gasteiger partial charge on any atom is -0.497 e. The maximum Gasteiger partial charge on any atom is 0.213 e. The SMILES string of the molecule is COc1cccc(C2(CNS(=O)(=O)CC3(C#N)CC3)CCCC2)c1. The van der Waals surface area contributed by atoms with Crippen LogP contribution in [0.3, 0.4) is 0 Å². The largest absolute Gasteiger partial charge is 0.497 e. The van der Waals surface area contributed by atoms with Crippen molar-refractivity contribution >= 4 is 10.0 Å². The van der Waals surface area contributed by atoms with Gasteiger partial charge in [-0.1, -0.05) is 25.0 Å². The van der Waals surface area contributed by atoms with Crippen LogP contribution in [0.1, 0.15) is 44.1 Å². The van der Waals surface area contributed by atoms with Gasteiger partial charge in [-0.3, -0.25) is 0 Å². The van der Waals surface area contributed by atoms with E-state index < -0.39 is 15.4 Å². The Morgan fingerprint density at radius 3 is 2.54 bits per heavy atom. The molecule has 1 aromatic rings. The number of hydrogen-bond acceptors (Lipinski definition) is 4. The summed E-state index contributed by atoms with van der Waals surface area (Å²) in [5, 5.41) is 9.13. The van der Waals surface area contributed by atoms with Gasteiger partial charge >= 0.3 is 0 Å². The zero-order valence-electron chi connectivity index (χ0n) is 14.0. The third kappa shape index (κ3) is 3.57. The summed E-state index contributed by atoms with van der Waals surface area (Å²) < 4.78 is 32.9. The maximum atomic E-state index is 12.4. The number of nitrogens with one attached hydrogen (secondary N) is 1. The normalized spacial score (nSPS) is 21.2. The zero-order valence-corrected chi connectivity index (χ0v) is 14.9. The average molecular weight is 348 g/mol. The molecule has 6 heteroatoms. The molecule has 1 aromatic carbocycles. The first kappa shape index (κ1) is 17.2. The highest BCUT2D eigenvalue weighted by Crippen LogP contribution is 2.46. The lowest BCUT2D eigenvalue weighted by Crippen LogP contribution is -2.41. The molecule has 24 heavy (non-hydrogen) atoms. The van der Waals surface area contributed by atoms with Gasteiger partial charge in [0.15, 0.2) is 0 Å². The molecule has 0 aliphatic heterocycles. The van der Waals surface area contributed by atoms with Crippen molar-refractivity contribution in [1.82, 2.24) is 4.72 Å². The summed E-state index contributed by atoms with van der Waals surface area (Å²) in [5.74, 6) is 0.716. The molecule has 0 bridgehead atoms. The van der Waals surface area contributed by atoms with Crippen molar-refractivity contribution in [2.75, 3.05) is 19.4 Å². The number of sulfonamides is 1. The number of hydrogen-bond donors (Lipinski definition) is 1. The highest BCUT2D eigenvalue weighted by Gasteiger charge is 2.47. The lowest BCUT2D eigenvalue weighted by molar-refractivity contribution is 0.404. The Hall–Kier alpha value is -1.58. The van der Waals surface area contributed by atoms with Crippen molar-refractivity contribution in [2.45, 2.75) is 43.9 Å². The van der Waals surface area contributed by atoms with Crippen LogP contribution >= 0.6 is 0 Å². The summed E-state index contributed by atoms with van der Waals surface area (Å²) in [6.07, 6.45) is 5.50. The van der Waals surface area contributed by atoms with Crippen LogP contribution in [-0.4, -0.2) is 27.8 Å². The van der Waals surface area contributed by atoms with Crippen molar-refractivity contribution in [2.24, 2.45) is 5.41 Å². The molecular weight excluding hydrogens is 324 g/mol. The first-order valence-electron chi connectivity index (χ1n) is 8.46. The standard InChI is InChI=1S/C18H24N2O3S/c1-23-16-6-4-5-15(11-16)18(7-2-3-8-18)13-20-24(21,22)14-17(12-19)9-10-17/h4-6,11,20H,2-3,7-10,13-14H2,1H3. The van der Waals surface area contributed by atoms with Crippen LogP contribution < -0.4 is 9.46 Å². The Labute approximate surface area is 144 Å². The van der Waals surface area contributed by atoms with E-state index in [2.05, 4.69) is 16.9 Å². The fourth-order valence-corrected chi connectivity index (χ4v) is 5.35. The van der Waals surface area contributed by atoms with Crippen molar-refractivity contribution in [3.05, 3.63) is 29.8 Å². The van der Waals surface area contributed by atoms with Crippen LogP contribution in [0.5, 0.6) is 5.75 Å². The quantitative estimate of drug-likeness (QED) is 0.822. The summed E-state index contributed by atoms with van der Waals surface area (Å²) in [6.45, 7) is 0.393. The van der Waals surface area contributed by atoms with Gasteiger partial charge < -0.3 is 4.74 Å². The summed E-state index contributed by atoms with van der Waals surface area (Å²) in [5.41, 5.74) is 0.304. The predicted octanol–water partition coefficient (Wildman–Crippen LogP) is 2.73. The number of nitriles is 1. The number of rotatable bonds is 7. The smallest absolute Gasteiger partial charge is 0.213 e. The number of nitrogens with zero attached hydrogens (tertiary/aromatic N) is 1. The van der Waals surface area contributed by atoms with Gasteiger partial charge in [-0.15, -0.1) is 0 Å². The molecule has 0 spiro atoms. The molecule has 130 valence electrons. The van der Waals surface area contributed by atoms with E-state index in [0.717, 1.165) is 37.0 Å². The molecule has 0 saturated heterocycles. The van der Waals surface area contributed by atoms with Gasteiger partial charge in [0.05, 0.1) is 24.3 Å². The number of benzene rings is 1. The molecule has 0 unspecified atom stereocenters. The minimum atomic E-state index is -3.44. The third-order valence-corrected chi connectivity index (χ3v) is 6.95. The van der Waals surface area contributed by atoms with E-state index in [1.54, 1.807) is 7.11 Å². The monoisotopic (exact) mass is 348 g/mol. The van der Waals surface area contributed by atoms with Crippen LogP contribution in [0, 0.1) is 16.7 Å². The molecule has 0 atom stereocenters. The first-order chi connectivity index (χ1) is 11.4. The van der Waals surface area contributed by atoms with Crippen LogP contribution in [-0.2, 0) is 15.4 Å². The fourth-order valence-electron chi connectivity index (χ4n) is 3.67. The Kier molecular flexibility index (Phi) is 4.58. The van der Waals surface area contributed by atoms with Crippen molar-refractivity contribution < 1.29 is 13.2 Å².